The van der Waals surface area contributed by atoms with Gasteiger partial charge in [-0.15, -0.1) is 0 Å². The second-order valence-electron chi connectivity index (χ2n) is 6.80. The van der Waals surface area contributed by atoms with E-state index >= 15 is 0 Å². The molecule has 0 saturated carbocycles. The first-order valence-corrected chi connectivity index (χ1v) is 10.2. The maximum absolute atomic E-state index is 12.9. The SMILES string of the molecule is CC(C)NC(=O)CN1CCN(C(=O)c2c[nH]c3cc(Br)c(Br)cc23)CC1. The molecule has 3 rings (SSSR count). The summed E-state index contributed by atoms with van der Waals surface area (Å²) in [6.45, 7) is 6.94. The molecule has 1 aliphatic rings. The smallest absolute Gasteiger partial charge is 0.256 e. The van der Waals surface area contributed by atoms with E-state index in [2.05, 4.69) is 47.1 Å². The topological polar surface area (TPSA) is 68.4 Å². The normalized spacial score (nSPS) is 15.7. The Kier molecular flexibility index (Phi) is 6.04. The molecular weight excluding hydrogens is 464 g/mol. The van der Waals surface area contributed by atoms with Gasteiger partial charge in [-0.3, -0.25) is 14.5 Å². The van der Waals surface area contributed by atoms with Crippen molar-refractivity contribution in [3.05, 3.63) is 32.8 Å². The summed E-state index contributed by atoms with van der Waals surface area (Å²) in [7, 11) is 0. The number of aromatic amines is 1. The second kappa shape index (κ2) is 8.10. The molecule has 140 valence electrons. The van der Waals surface area contributed by atoms with Crippen LogP contribution in [0.15, 0.2) is 27.3 Å². The van der Waals surface area contributed by atoms with Crippen LogP contribution in [0.4, 0.5) is 0 Å². The second-order valence-corrected chi connectivity index (χ2v) is 8.51. The van der Waals surface area contributed by atoms with Crippen molar-refractivity contribution in [1.82, 2.24) is 20.1 Å². The van der Waals surface area contributed by atoms with E-state index in [4.69, 9.17) is 0 Å². The molecule has 0 bridgehead atoms. The quantitative estimate of drug-likeness (QED) is 0.699. The number of H-pyrrole nitrogens is 1. The highest BCUT2D eigenvalue weighted by atomic mass is 79.9. The van der Waals surface area contributed by atoms with Gasteiger partial charge in [-0.1, -0.05) is 0 Å². The van der Waals surface area contributed by atoms with E-state index in [1.807, 2.05) is 30.9 Å². The number of amides is 2. The summed E-state index contributed by atoms with van der Waals surface area (Å²) in [6.07, 6.45) is 1.77. The summed E-state index contributed by atoms with van der Waals surface area (Å²) in [5, 5.41) is 3.81. The number of fused-ring (bicyclic) bond motifs is 1. The molecule has 1 aliphatic heterocycles. The van der Waals surface area contributed by atoms with Gasteiger partial charge in [0.1, 0.15) is 0 Å². The minimum atomic E-state index is 0.0248. The predicted molar refractivity (Wildman–Crippen MR) is 109 cm³/mol. The number of halogens is 2. The fourth-order valence-corrected chi connectivity index (χ4v) is 3.83. The summed E-state index contributed by atoms with van der Waals surface area (Å²) >= 11 is 6.98. The summed E-state index contributed by atoms with van der Waals surface area (Å²) in [4.78, 5) is 31.9. The lowest BCUT2D eigenvalue weighted by Crippen LogP contribution is -2.51. The standard InChI is InChI=1S/C18H22Br2N4O2/c1-11(2)22-17(25)10-23-3-5-24(6-4-23)18(26)13-9-21-16-8-15(20)14(19)7-12(13)16/h7-9,11,21H,3-6,10H2,1-2H3,(H,22,25). The molecule has 1 fully saturated rings. The third-order valence-corrected chi connectivity index (χ3v) is 6.27. The maximum Gasteiger partial charge on any atom is 0.256 e. The average molecular weight is 486 g/mol. The van der Waals surface area contributed by atoms with Crippen LogP contribution in [0, 0.1) is 0 Å². The number of nitrogens with zero attached hydrogens (tertiary/aromatic N) is 2. The van der Waals surface area contributed by atoms with E-state index in [9.17, 15) is 9.59 Å². The van der Waals surface area contributed by atoms with Crippen LogP contribution in [0.25, 0.3) is 10.9 Å². The Morgan fingerprint density at radius 2 is 1.81 bits per heavy atom. The Morgan fingerprint density at radius 3 is 2.46 bits per heavy atom. The van der Waals surface area contributed by atoms with Crippen LogP contribution in [0.1, 0.15) is 24.2 Å². The number of piperazine rings is 1. The fourth-order valence-electron chi connectivity index (χ4n) is 3.14. The molecule has 2 amide bonds. The zero-order valence-electron chi connectivity index (χ0n) is 14.8. The third kappa shape index (κ3) is 4.29. The monoisotopic (exact) mass is 484 g/mol. The minimum Gasteiger partial charge on any atom is -0.360 e. The molecular formula is C18H22Br2N4O2. The lowest BCUT2D eigenvalue weighted by Gasteiger charge is -2.34. The van der Waals surface area contributed by atoms with Gasteiger partial charge in [0.05, 0.1) is 12.1 Å². The zero-order chi connectivity index (χ0) is 18.8. The van der Waals surface area contributed by atoms with Gasteiger partial charge < -0.3 is 15.2 Å². The van der Waals surface area contributed by atoms with Gasteiger partial charge in [-0.05, 0) is 57.8 Å². The highest BCUT2D eigenvalue weighted by Gasteiger charge is 2.25. The van der Waals surface area contributed by atoms with Crippen LogP contribution in [-0.2, 0) is 4.79 Å². The van der Waals surface area contributed by atoms with E-state index in [0.717, 1.165) is 19.8 Å². The number of benzene rings is 1. The van der Waals surface area contributed by atoms with Crippen LogP contribution in [0.3, 0.4) is 0 Å². The van der Waals surface area contributed by atoms with Crippen molar-refractivity contribution in [2.45, 2.75) is 19.9 Å². The van der Waals surface area contributed by atoms with Gasteiger partial charge in [0.2, 0.25) is 5.91 Å². The van der Waals surface area contributed by atoms with Crippen molar-refractivity contribution in [1.29, 1.82) is 0 Å². The number of rotatable bonds is 4. The number of carbonyl (C=O) groups excluding carboxylic acids is 2. The zero-order valence-corrected chi connectivity index (χ0v) is 18.0. The lowest BCUT2D eigenvalue weighted by molar-refractivity contribution is -0.123. The molecule has 0 aliphatic carbocycles. The van der Waals surface area contributed by atoms with Crippen LogP contribution in [0.5, 0.6) is 0 Å². The van der Waals surface area contributed by atoms with Crippen molar-refractivity contribution >= 4 is 54.6 Å². The Hall–Kier alpha value is -1.38. The largest absolute Gasteiger partial charge is 0.360 e. The predicted octanol–water partition coefficient (Wildman–Crippen LogP) is 2.98. The average Bonchev–Trinajstić information content (AvgIpc) is 2.97. The van der Waals surface area contributed by atoms with Crippen LogP contribution >= 0.6 is 31.9 Å². The highest BCUT2D eigenvalue weighted by molar-refractivity contribution is 9.13. The van der Waals surface area contributed by atoms with Gasteiger partial charge in [-0.2, -0.15) is 0 Å². The molecule has 0 atom stereocenters. The van der Waals surface area contributed by atoms with Crippen molar-refractivity contribution in [2.24, 2.45) is 0 Å². The first kappa shape index (κ1) is 19.4. The highest BCUT2D eigenvalue weighted by Crippen LogP contribution is 2.30. The first-order chi connectivity index (χ1) is 12.3. The molecule has 1 saturated heterocycles. The van der Waals surface area contributed by atoms with E-state index in [1.165, 1.54) is 0 Å². The van der Waals surface area contributed by atoms with Crippen molar-refractivity contribution in [2.75, 3.05) is 32.7 Å². The van der Waals surface area contributed by atoms with Crippen molar-refractivity contribution < 1.29 is 9.59 Å². The molecule has 2 aromatic rings. The molecule has 0 unspecified atom stereocenters. The Morgan fingerprint density at radius 1 is 1.15 bits per heavy atom. The fraction of sp³-hybridized carbons (Fsp3) is 0.444. The summed E-state index contributed by atoms with van der Waals surface area (Å²) in [5.74, 6) is 0.0589. The van der Waals surface area contributed by atoms with E-state index in [0.29, 0.717) is 38.3 Å². The summed E-state index contributed by atoms with van der Waals surface area (Å²) in [5.41, 5.74) is 1.60. The van der Waals surface area contributed by atoms with Crippen molar-refractivity contribution in [3.63, 3.8) is 0 Å². The number of carbonyl (C=O) groups is 2. The van der Waals surface area contributed by atoms with Crippen LogP contribution in [-0.4, -0.2) is 65.4 Å². The maximum atomic E-state index is 12.9. The molecule has 1 aromatic carbocycles. The summed E-state index contributed by atoms with van der Waals surface area (Å²) in [6, 6.07) is 4.06. The van der Waals surface area contributed by atoms with E-state index in [-0.39, 0.29) is 17.9 Å². The van der Waals surface area contributed by atoms with Gasteiger partial charge in [0.25, 0.3) is 5.91 Å². The molecule has 2 heterocycles. The number of hydrogen-bond acceptors (Lipinski definition) is 3. The molecule has 0 radical (unpaired) electrons. The van der Waals surface area contributed by atoms with Crippen LogP contribution < -0.4 is 5.32 Å². The van der Waals surface area contributed by atoms with Crippen LogP contribution in [0.2, 0.25) is 0 Å². The van der Waals surface area contributed by atoms with E-state index < -0.39 is 0 Å². The molecule has 2 N–H and O–H groups in total. The third-order valence-electron chi connectivity index (χ3n) is 4.43. The number of nitrogens with one attached hydrogen (secondary N) is 2. The molecule has 8 heteroatoms. The molecule has 0 spiro atoms. The molecule has 6 nitrogen and oxygen atoms in total. The van der Waals surface area contributed by atoms with Gasteiger partial charge in [0, 0.05) is 58.3 Å². The van der Waals surface area contributed by atoms with Gasteiger partial charge in [-0.25, -0.2) is 0 Å². The Bertz CT molecular complexity index is 826. The molecule has 1 aromatic heterocycles. The van der Waals surface area contributed by atoms with E-state index in [1.54, 1.807) is 6.20 Å². The van der Waals surface area contributed by atoms with Crippen molar-refractivity contribution in [3.8, 4) is 0 Å². The number of aromatic nitrogens is 1. The lowest BCUT2D eigenvalue weighted by atomic mass is 10.1. The van der Waals surface area contributed by atoms with Gasteiger partial charge >= 0.3 is 0 Å². The van der Waals surface area contributed by atoms with Gasteiger partial charge in [0.15, 0.2) is 0 Å². The number of hydrogen-bond donors (Lipinski definition) is 2. The molecule has 26 heavy (non-hydrogen) atoms. The first-order valence-electron chi connectivity index (χ1n) is 8.62. The minimum absolute atomic E-state index is 0.0248. The summed E-state index contributed by atoms with van der Waals surface area (Å²) < 4.78 is 1.86. The Balaban J connectivity index is 1.64. The Labute approximate surface area is 169 Å².